The van der Waals surface area contributed by atoms with Gasteiger partial charge in [0.15, 0.2) is 0 Å². The van der Waals surface area contributed by atoms with E-state index >= 15 is 0 Å². The predicted molar refractivity (Wildman–Crippen MR) is 135 cm³/mol. The summed E-state index contributed by atoms with van der Waals surface area (Å²) in [5.41, 5.74) is 0.410. The molecule has 0 saturated carbocycles. The van der Waals surface area contributed by atoms with E-state index in [4.69, 9.17) is 0 Å². The van der Waals surface area contributed by atoms with Crippen molar-refractivity contribution in [2.75, 3.05) is 11.4 Å². The van der Waals surface area contributed by atoms with E-state index < -0.39 is 17.3 Å². The second-order valence-electron chi connectivity index (χ2n) is 8.16. The van der Waals surface area contributed by atoms with Crippen LogP contribution in [0, 0.1) is 0 Å². The molecule has 36 heavy (non-hydrogen) atoms. The average Bonchev–Trinajstić information content (AvgIpc) is 3.22. The summed E-state index contributed by atoms with van der Waals surface area (Å²) < 4.78 is 41.0. The topological polar surface area (TPSA) is 55.2 Å². The van der Waals surface area contributed by atoms with Crippen LogP contribution in [0.1, 0.15) is 17.4 Å². The molecule has 5 nitrogen and oxygen atoms in total. The molecular formula is C27H20F3N3O2S. The highest BCUT2D eigenvalue weighted by atomic mass is 32.1. The van der Waals surface area contributed by atoms with Gasteiger partial charge in [-0.3, -0.25) is 9.59 Å². The first kappa shape index (κ1) is 23.7. The number of carbonyl (C=O) groups excluding carboxylic acids is 1. The van der Waals surface area contributed by atoms with Crippen molar-refractivity contribution in [1.82, 2.24) is 9.78 Å². The van der Waals surface area contributed by atoms with Gasteiger partial charge in [0.2, 0.25) is 5.91 Å². The number of rotatable bonds is 5. The molecule has 0 N–H and O–H groups in total. The minimum absolute atomic E-state index is 0.0112. The molecule has 2 heterocycles. The van der Waals surface area contributed by atoms with Crippen molar-refractivity contribution in [3.63, 3.8) is 0 Å². The van der Waals surface area contributed by atoms with E-state index in [0.29, 0.717) is 22.7 Å². The minimum atomic E-state index is -4.48. The van der Waals surface area contributed by atoms with Gasteiger partial charge in [-0.2, -0.15) is 23.0 Å². The third-order valence-electron chi connectivity index (χ3n) is 5.93. The summed E-state index contributed by atoms with van der Waals surface area (Å²) in [5.74, 6) is -0.168. The lowest BCUT2D eigenvalue weighted by atomic mass is 10.1. The molecule has 9 heteroatoms. The lowest BCUT2D eigenvalue weighted by molar-refractivity contribution is -0.137. The van der Waals surface area contributed by atoms with Crippen molar-refractivity contribution < 1.29 is 18.0 Å². The number of hydrogen-bond acceptors (Lipinski definition) is 4. The molecule has 0 bridgehead atoms. The second-order valence-corrected chi connectivity index (χ2v) is 9.29. The van der Waals surface area contributed by atoms with E-state index in [1.165, 1.54) is 23.5 Å². The van der Waals surface area contributed by atoms with Gasteiger partial charge in [0.1, 0.15) is 5.69 Å². The van der Waals surface area contributed by atoms with Crippen LogP contribution in [-0.4, -0.2) is 22.2 Å². The molecule has 0 aromatic heterocycles. The van der Waals surface area contributed by atoms with Crippen molar-refractivity contribution in [2.45, 2.75) is 19.5 Å². The molecule has 5 rings (SSSR count). The molecule has 2 aliphatic rings. The zero-order chi connectivity index (χ0) is 25.4. The summed E-state index contributed by atoms with van der Waals surface area (Å²) in [7, 11) is 0. The maximum atomic E-state index is 13.5. The van der Waals surface area contributed by atoms with Gasteiger partial charge < -0.3 is 4.90 Å². The van der Waals surface area contributed by atoms with Crippen LogP contribution >= 0.6 is 11.3 Å². The number of amides is 1. The van der Waals surface area contributed by atoms with Gasteiger partial charge in [0.25, 0.3) is 5.56 Å². The van der Waals surface area contributed by atoms with Gasteiger partial charge >= 0.3 is 6.18 Å². The molecule has 0 aliphatic carbocycles. The van der Waals surface area contributed by atoms with E-state index in [1.54, 1.807) is 4.90 Å². The van der Waals surface area contributed by atoms with Gasteiger partial charge in [0, 0.05) is 27.2 Å². The summed E-state index contributed by atoms with van der Waals surface area (Å²) in [6, 6.07) is 21.0. The predicted octanol–water partition coefficient (Wildman–Crippen LogP) is 6.17. The Kier molecular flexibility index (Phi) is 6.09. The molecule has 182 valence electrons. The Bertz CT molecular complexity index is 1570. The monoisotopic (exact) mass is 507 g/mol. The van der Waals surface area contributed by atoms with E-state index in [-0.39, 0.29) is 18.0 Å². The van der Waals surface area contributed by atoms with Gasteiger partial charge in [-0.15, -0.1) is 11.3 Å². The highest BCUT2D eigenvalue weighted by Crippen LogP contribution is 2.36. The van der Waals surface area contributed by atoms with Gasteiger partial charge in [-0.05, 0) is 49.4 Å². The van der Waals surface area contributed by atoms with Gasteiger partial charge in [-0.1, -0.05) is 36.4 Å². The van der Waals surface area contributed by atoms with E-state index in [0.717, 1.165) is 32.6 Å². The van der Waals surface area contributed by atoms with Crippen LogP contribution in [0.3, 0.4) is 0 Å². The lowest BCUT2D eigenvalue weighted by Gasteiger charge is -2.21. The van der Waals surface area contributed by atoms with Crippen molar-refractivity contribution in [2.24, 2.45) is 0 Å². The number of fused-ring (bicyclic) bond motifs is 3. The highest BCUT2D eigenvalue weighted by molar-refractivity contribution is 7.19. The molecule has 0 saturated heterocycles. The number of carbonyl (C=O) groups is 1. The first-order chi connectivity index (χ1) is 17.3. The van der Waals surface area contributed by atoms with Crippen LogP contribution in [0.25, 0.3) is 27.0 Å². The number of benzene rings is 3. The average molecular weight is 508 g/mol. The zero-order valence-electron chi connectivity index (χ0n) is 19.1. The maximum absolute atomic E-state index is 13.5. The summed E-state index contributed by atoms with van der Waals surface area (Å²) >= 11 is 1.35. The smallest absolute Gasteiger partial charge is 0.312 e. The summed E-state index contributed by atoms with van der Waals surface area (Å²) in [5, 5.41) is 5.24. The summed E-state index contributed by atoms with van der Waals surface area (Å²) in [6.45, 7) is 2.34. The van der Waals surface area contributed by atoms with Gasteiger partial charge in [-0.25, -0.2) is 0 Å². The fourth-order valence-corrected chi connectivity index (χ4v) is 5.38. The molecule has 0 radical (unpaired) electrons. The number of para-hydroxylation sites is 1. The van der Waals surface area contributed by atoms with Crippen molar-refractivity contribution in [3.8, 4) is 16.9 Å². The van der Waals surface area contributed by atoms with Crippen molar-refractivity contribution >= 4 is 33.0 Å². The molecule has 2 aliphatic heterocycles. The maximum Gasteiger partial charge on any atom is 0.416 e. The third kappa shape index (κ3) is 4.26. The number of anilines is 1. The summed E-state index contributed by atoms with van der Waals surface area (Å²) in [4.78, 5) is 29.1. The normalized spacial score (nSPS) is 11.8. The SMILES string of the molecule is CCN(C(=O)Cc1sc2ccccc2c2nn(-c3ccc(C(F)(F)F)cc3)c(=O)c1-2)c1ccccc1. The highest BCUT2D eigenvalue weighted by Gasteiger charge is 2.31. The van der Waals surface area contributed by atoms with Crippen LogP contribution in [-0.2, 0) is 17.4 Å². The second kappa shape index (κ2) is 9.23. The number of nitrogens with zero attached hydrogens (tertiary/aromatic N) is 3. The fraction of sp³-hybridized carbons (Fsp3) is 0.148. The fourth-order valence-electron chi connectivity index (χ4n) is 4.21. The summed E-state index contributed by atoms with van der Waals surface area (Å²) in [6.07, 6.45) is -4.49. The Morgan fingerprint density at radius 2 is 1.64 bits per heavy atom. The molecule has 0 unspecified atom stereocenters. The first-order valence-corrected chi connectivity index (χ1v) is 12.1. The number of alkyl halides is 3. The molecule has 0 spiro atoms. The number of likely N-dealkylation sites (N-methyl/N-ethyl adjacent to an activating group) is 1. The Morgan fingerprint density at radius 1 is 0.972 bits per heavy atom. The molecule has 0 fully saturated rings. The molecule has 0 atom stereocenters. The van der Waals surface area contributed by atoms with Crippen LogP contribution in [0.4, 0.5) is 18.9 Å². The number of aromatic nitrogens is 2. The Morgan fingerprint density at radius 3 is 2.31 bits per heavy atom. The number of hydrogen-bond donors (Lipinski definition) is 0. The standard InChI is InChI=1S/C27H20F3N3O2S/c1-2-32(18-8-4-3-5-9-18)23(34)16-22-24-25(20-10-6-7-11-21(20)36-22)31-33(26(24)35)19-14-12-17(13-15-19)27(28,29)30/h3-15H,2,16H2,1H3. The Balaban J connectivity index is 1.63. The molecular weight excluding hydrogens is 487 g/mol. The molecule has 3 aromatic carbocycles. The lowest BCUT2D eigenvalue weighted by Crippen LogP contribution is -2.32. The van der Waals surface area contributed by atoms with E-state index in [2.05, 4.69) is 5.10 Å². The van der Waals surface area contributed by atoms with Crippen LogP contribution < -0.4 is 10.5 Å². The molecule has 1 amide bonds. The number of halogens is 3. The van der Waals surface area contributed by atoms with Crippen molar-refractivity contribution in [1.29, 1.82) is 0 Å². The first-order valence-electron chi connectivity index (χ1n) is 11.2. The largest absolute Gasteiger partial charge is 0.416 e. The quantitative estimate of drug-likeness (QED) is 0.286. The minimum Gasteiger partial charge on any atom is -0.312 e. The van der Waals surface area contributed by atoms with E-state index in [9.17, 15) is 22.8 Å². The zero-order valence-corrected chi connectivity index (χ0v) is 19.9. The van der Waals surface area contributed by atoms with Crippen LogP contribution in [0.5, 0.6) is 0 Å². The third-order valence-corrected chi connectivity index (χ3v) is 7.10. The Hall–Kier alpha value is -3.98. The van der Waals surface area contributed by atoms with Crippen LogP contribution in [0.2, 0.25) is 0 Å². The van der Waals surface area contributed by atoms with Crippen LogP contribution in [0.15, 0.2) is 83.7 Å². The molecule has 3 aromatic rings. The van der Waals surface area contributed by atoms with E-state index in [1.807, 2.05) is 61.5 Å². The Labute approximate surface area is 208 Å². The van der Waals surface area contributed by atoms with Gasteiger partial charge in [0.05, 0.1) is 23.2 Å². The van der Waals surface area contributed by atoms with Crippen molar-refractivity contribution in [3.05, 3.63) is 99.7 Å².